The Bertz CT molecular complexity index is 659. The molecule has 0 aliphatic heterocycles. The van der Waals surface area contributed by atoms with E-state index in [9.17, 15) is 4.79 Å². The summed E-state index contributed by atoms with van der Waals surface area (Å²) in [5.74, 6) is 6.57. The molecule has 1 heteroatoms. The van der Waals surface area contributed by atoms with E-state index in [1.807, 2.05) is 0 Å². The van der Waals surface area contributed by atoms with Crippen LogP contribution >= 0.6 is 0 Å². The van der Waals surface area contributed by atoms with Gasteiger partial charge in [0.2, 0.25) is 0 Å². The Balaban J connectivity index is 1.49. The average molecular weight is 399 g/mol. The van der Waals surface area contributed by atoms with E-state index in [0.717, 1.165) is 54.3 Å². The van der Waals surface area contributed by atoms with Crippen molar-refractivity contribution >= 4 is 5.78 Å². The predicted octanol–water partition coefficient (Wildman–Crippen LogP) is 7.84. The van der Waals surface area contributed by atoms with E-state index < -0.39 is 0 Å². The number of carbonyl (C=O) groups excluding carboxylic acids is 1. The Morgan fingerprint density at radius 1 is 0.931 bits per heavy atom. The number of hydrogen-bond acceptors (Lipinski definition) is 1. The van der Waals surface area contributed by atoms with Crippen LogP contribution in [0.2, 0.25) is 0 Å². The third-order valence-corrected chi connectivity index (χ3v) is 10.9. The van der Waals surface area contributed by atoms with E-state index in [1.165, 1.54) is 56.9 Å². The molecule has 8 atom stereocenters. The van der Waals surface area contributed by atoms with Gasteiger partial charge >= 0.3 is 0 Å². The molecule has 0 amide bonds. The van der Waals surface area contributed by atoms with E-state index in [2.05, 4.69) is 47.6 Å². The van der Waals surface area contributed by atoms with Gasteiger partial charge in [-0.2, -0.15) is 0 Å². The van der Waals surface area contributed by atoms with Crippen LogP contribution in [0.1, 0.15) is 106 Å². The van der Waals surface area contributed by atoms with Crippen LogP contribution in [0.4, 0.5) is 0 Å². The van der Waals surface area contributed by atoms with Gasteiger partial charge in [0.25, 0.3) is 0 Å². The average Bonchev–Trinajstić information content (AvgIpc) is 3.03. The van der Waals surface area contributed by atoms with Crippen molar-refractivity contribution in [1.29, 1.82) is 0 Å². The molecule has 3 fully saturated rings. The highest BCUT2D eigenvalue weighted by Gasteiger charge is 2.59. The van der Waals surface area contributed by atoms with Crippen LogP contribution in [0.3, 0.4) is 0 Å². The highest BCUT2D eigenvalue weighted by Crippen LogP contribution is 2.67. The van der Waals surface area contributed by atoms with Crippen LogP contribution in [0.5, 0.6) is 0 Å². The number of fused-ring (bicyclic) bond motifs is 5. The summed E-state index contributed by atoms with van der Waals surface area (Å²) < 4.78 is 0. The van der Waals surface area contributed by atoms with Crippen molar-refractivity contribution in [2.24, 2.45) is 52.3 Å². The quantitative estimate of drug-likeness (QED) is 0.461. The Labute approximate surface area is 180 Å². The zero-order valence-electron chi connectivity index (χ0n) is 20.1. The second kappa shape index (κ2) is 7.83. The molecule has 4 aliphatic carbocycles. The molecule has 29 heavy (non-hydrogen) atoms. The van der Waals surface area contributed by atoms with Gasteiger partial charge in [-0.15, -0.1) is 0 Å². The standard InChI is InChI=1S/C28H46O/c1-18(2)19(3)7-8-20(4)24-11-12-25-23-10-9-21-17-22(29)13-15-27(21,5)26(23)14-16-28(24,25)6/h17-20,23-26H,7-16H2,1-6H3/t19?,20-,23+,24-,25+,26+,27+,28-/m1/s1. The maximum atomic E-state index is 12.0. The predicted molar refractivity (Wildman–Crippen MR) is 123 cm³/mol. The molecule has 0 N–H and O–H groups in total. The molecule has 0 radical (unpaired) electrons. The normalized spacial score (nSPS) is 44.0. The molecule has 1 nitrogen and oxygen atoms in total. The van der Waals surface area contributed by atoms with Crippen molar-refractivity contribution in [2.75, 3.05) is 0 Å². The lowest BCUT2D eigenvalue weighted by molar-refractivity contribution is -0.117. The third-order valence-electron chi connectivity index (χ3n) is 10.9. The first kappa shape index (κ1) is 21.6. The summed E-state index contributed by atoms with van der Waals surface area (Å²) in [6, 6.07) is 0. The van der Waals surface area contributed by atoms with Crippen LogP contribution in [-0.2, 0) is 4.79 Å². The zero-order chi connectivity index (χ0) is 21.0. The van der Waals surface area contributed by atoms with Crippen LogP contribution in [0.25, 0.3) is 0 Å². The van der Waals surface area contributed by atoms with Crippen LogP contribution in [-0.4, -0.2) is 5.78 Å². The molecule has 0 spiro atoms. The lowest BCUT2D eigenvalue weighted by atomic mass is 9.46. The first-order chi connectivity index (χ1) is 13.7. The lowest BCUT2D eigenvalue weighted by Crippen LogP contribution is -2.51. The number of rotatable bonds is 5. The molecule has 0 aromatic rings. The number of hydrogen-bond donors (Lipinski definition) is 0. The van der Waals surface area contributed by atoms with Gasteiger partial charge in [0.15, 0.2) is 5.78 Å². The monoisotopic (exact) mass is 398 g/mol. The minimum absolute atomic E-state index is 0.328. The molecule has 4 aliphatic rings. The Morgan fingerprint density at radius 3 is 2.41 bits per heavy atom. The van der Waals surface area contributed by atoms with E-state index in [1.54, 1.807) is 0 Å². The molecule has 0 heterocycles. The maximum absolute atomic E-state index is 12.0. The Hall–Kier alpha value is -0.590. The maximum Gasteiger partial charge on any atom is 0.155 e. The van der Waals surface area contributed by atoms with Gasteiger partial charge in [0.05, 0.1) is 0 Å². The molecule has 0 bridgehead atoms. The van der Waals surface area contributed by atoms with E-state index >= 15 is 0 Å². The van der Waals surface area contributed by atoms with Crippen molar-refractivity contribution in [3.05, 3.63) is 11.6 Å². The van der Waals surface area contributed by atoms with Gasteiger partial charge in [-0.1, -0.05) is 60.0 Å². The highest BCUT2D eigenvalue weighted by molar-refractivity contribution is 5.91. The summed E-state index contributed by atoms with van der Waals surface area (Å²) in [6.45, 7) is 15.0. The highest BCUT2D eigenvalue weighted by atomic mass is 16.1. The SMILES string of the molecule is CC(C)C(C)CC[C@@H](C)[C@H]1CC[C@H]2[C@@H]3CCC4=CC(=O)CC[C@]4(C)[C@H]3CC[C@]12C. The van der Waals surface area contributed by atoms with Crippen molar-refractivity contribution in [3.63, 3.8) is 0 Å². The molecule has 0 saturated heterocycles. The molecular formula is C28H46O. The number of ketones is 1. The zero-order valence-corrected chi connectivity index (χ0v) is 20.1. The molecule has 4 rings (SSSR count). The van der Waals surface area contributed by atoms with Crippen molar-refractivity contribution in [2.45, 2.75) is 106 Å². The summed E-state index contributed by atoms with van der Waals surface area (Å²) in [4.78, 5) is 12.0. The first-order valence-electron chi connectivity index (χ1n) is 12.9. The lowest BCUT2D eigenvalue weighted by Gasteiger charge is -2.58. The summed E-state index contributed by atoms with van der Waals surface area (Å²) in [7, 11) is 0. The topological polar surface area (TPSA) is 17.1 Å². The first-order valence-corrected chi connectivity index (χ1v) is 12.9. The summed E-state index contributed by atoms with van der Waals surface area (Å²) >= 11 is 0. The number of carbonyl (C=O) groups is 1. The Kier molecular flexibility index (Phi) is 5.84. The smallest absolute Gasteiger partial charge is 0.155 e. The molecular weight excluding hydrogens is 352 g/mol. The number of allylic oxidation sites excluding steroid dienone is 1. The van der Waals surface area contributed by atoms with Gasteiger partial charge in [-0.25, -0.2) is 0 Å². The third kappa shape index (κ3) is 3.57. The summed E-state index contributed by atoms with van der Waals surface area (Å²) in [5.41, 5.74) is 2.42. The fourth-order valence-electron chi connectivity index (χ4n) is 8.59. The molecule has 1 unspecified atom stereocenters. The van der Waals surface area contributed by atoms with Gasteiger partial charge in [-0.3, -0.25) is 4.79 Å². The van der Waals surface area contributed by atoms with Crippen molar-refractivity contribution in [3.8, 4) is 0 Å². The largest absolute Gasteiger partial charge is 0.295 e. The van der Waals surface area contributed by atoms with Gasteiger partial charge in [0, 0.05) is 6.42 Å². The Morgan fingerprint density at radius 2 is 1.69 bits per heavy atom. The van der Waals surface area contributed by atoms with Crippen LogP contribution < -0.4 is 0 Å². The van der Waals surface area contributed by atoms with Gasteiger partial charge in [-0.05, 0) is 103 Å². The second-order valence-electron chi connectivity index (χ2n) is 12.5. The fourth-order valence-corrected chi connectivity index (χ4v) is 8.59. The summed E-state index contributed by atoms with van der Waals surface area (Å²) in [6.07, 6.45) is 15.1. The van der Waals surface area contributed by atoms with Crippen molar-refractivity contribution in [1.82, 2.24) is 0 Å². The molecule has 0 aromatic heterocycles. The molecule has 164 valence electrons. The molecule has 3 saturated carbocycles. The van der Waals surface area contributed by atoms with Crippen LogP contribution in [0.15, 0.2) is 11.6 Å². The molecule has 0 aromatic carbocycles. The fraction of sp³-hybridized carbons (Fsp3) is 0.893. The second-order valence-corrected chi connectivity index (χ2v) is 12.5. The van der Waals surface area contributed by atoms with Crippen molar-refractivity contribution < 1.29 is 4.79 Å². The van der Waals surface area contributed by atoms with E-state index in [-0.39, 0.29) is 0 Å². The summed E-state index contributed by atoms with van der Waals surface area (Å²) in [5, 5.41) is 0. The van der Waals surface area contributed by atoms with Gasteiger partial charge < -0.3 is 0 Å². The minimum Gasteiger partial charge on any atom is -0.295 e. The van der Waals surface area contributed by atoms with E-state index in [4.69, 9.17) is 0 Å². The van der Waals surface area contributed by atoms with E-state index in [0.29, 0.717) is 16.6 Å². The van der Waals surface area contributed by atoms with Crippen LogP contribution in [0, 0.1) is 52.3 Å². The minimum atomic E-state index is 0.328. The van der Waals surface area contributed by atoms with Gasteiger partial charge in [0.1, 0.15) is 0 Å².